The molecule has 0 saturated heterocycles. The van der Waals surface area contributed by atoms with Gasteiger partial charge in [-0.2, -0.15) is 26.3 Å². The summed E-state index contributed by atoms with van der Waals surface area (Å²) in [5, 5.41) is 8.90. The van der Waals surface area contributed by atoms with Crippen LogP contribution in [0.5, 0.6) is 5.75 Å². The number of aromatic nitrogens is 1. The first-order valence-corrected chi connectivity index (χ1v) is 11.4. The molecule has 12 heteroatoms. The first-order chi connectivity index (χ1) is 15.8. The van der Waals surface area contributed by atoms with Crippen LogP contribution in [0.25, 0.3) is 10.6 Å². The second-order valence-corrected chi connectivity index (χ2v) is 9.31. The number of carboxylic acid groups (broad SMARTS) is 1. The molecule has 0 amide bonds. The molecule has 0 aliphatic heterocycles. The first kappa shape index (κ1) is 25.9. The number of benzene rings is 2. The summed E-state index contributed by atoms with van der Waals surface area (Å²) >= 11 is 2.54. The Bertz CT molecular complexity index is 1200. The largest absolute Gasteiger partial charge is 0.482 e. The Morgan fingerprint density at radius 2 is 1.71 bits per heavy atom. The molecule has 0 aliphatic rings. The predicted octanol–water partition coefficient (Wildman–Crippen LogP) is 7.22. The van der Waals surface area contributed by atoms with Crippen LogP contribution >= 0.6 is 23.1 Å². The maximum absolute atomic E-state index is 13.3. The second-order valence-electron chi connectivity index (χ2n) is 7.18. The van der Waals surface area contributed by atoms with Crippen LogP contribution in [-0.4, -0.2) is 22.7 Å². The Hall–Kier alpha value is -2.73. The van der Waals surface area contributed by atoms with E-state index in [-0.39, 0.29) is 10.6 Å². The molecule has 1 N–H and O–H groups in total. The molecule has 2 aromatic carbocycles. The molecule has 0 aliphatic carbocycles. The highest BCUT2D eigenvalue weighted by Gasteiger charge is 2.43. The van der Waals surface area contributed by atoms with E-state index in [1.54, 1.807) is 26.0 Å². The molecule has 1 heterocycles. The summed E-state index contributed by atoms with van der Waals surface area (Å²) in [6.07, 6.45) is -10.3. The highest BCUT2D eigenvalue weighted by Crippen LogP contribution is 2.43. The van der Waals surface area contributed by atoms with E-state index in [4.69, 9.17) is 9.84 Å². The number of carbonyl (C=O) groups is 1. The fourth-order valence-electron chi connectivity index (χ4n) is 3.01. The number of rotatable bonds is 7. The van der Waals surface area contributed by atoms with Crippen molar-refractivity contribution in [1.29, 1.82) is 0 Å². The van der Waals surface area contributed by atoms with Crippen LogP contribution in [0.3, 0.4) is 0 Å². The van der Waals surface area contributed by atoms with Gasteiger partial charge < -0.3 is 9.84 Å². The minimum absolute atomic E-state index is 0.0412. The summed E-state index contributed by atoms with van der Waals surface area (Å²) in [5.41, 5.74) is -2.22. The van der Waals surface area contributed by atoms with E-state index in [0.717, 1.165) is 32.7 Å². The number of hydrogen-bond acceptors (Lipinski definition) is 5. The number of thioether (sulfide) groups is 1. The molecular formula is C22H17F6NO3S2. The summed E-state index contributed by atoms with van der Waals surface area (Å²) < 4.78 is 84.0. The monoisotopic (exact) mass is 521 g/mol. The van der Waals surface area contributed by atoms with Crippen molar-refractivity contribution >= 4 is 29.1 Å². The Morgan fingerprint density at radius 3 is 2.29 bits per heavy atom. The van der Waals surface area contributed by atoms with Gasteiger partial charge in [0, 0.05) is 21.1 Å². The van der Waals surface area contributed by atoms with Gasteiger partial charge in [-0.25, -0.2) is 9.78 Å². The van der Waals surface area contributed by atoms with Crippen molar-refractivity contribution < 1.29 is 41.0 Å². The van der Waals surface area contributed by atoms with Crippen LogP contribution in [0.1, 0.15) is 27.3 Å². The molecule has 0 atom stereocenters. The zero-order valence-corrected chi connectivity index (χ0v) is 19.3. The molecule has 0 bridgehead atoms. The van der Waals surface area contributed by atoms with E-state index in [2.05, 4.69) is 4.98 Å². The van der Waals surface area contributed by atoms with Gasteiger partial charge in [0.25, 0.3) is 0 Å². The summed E-state index contributed by atoms with van der Waals surface area (Å²) in [6, 6.07) is 7.11. The van der Waals surface area contributed by atoms with E-state index in [1.807, 2.05) is 6.07 Å². The predicted molar refractivity (Wildman–Crippen MR) is 116 cm³/mol. The maximum atomic E-state index is 13.3. The van der Waals surface area contributed by atoms with Crippen LogP contribution in [0, 0.1) is 13.8 Å². The molecular weight excluding hydrogens is 504 g/mol. The number of aliphatic carboxylic acids is 1. The fraction of sp³-hybridized carbons (Fsp3) is 0.273. The summed E-state index contributed by atoms with van der Waals surface area (Å²) in [6.45, 7) is 2.98. The van der Waals surface area contributed by atoms with Crippen molar-refractivity contribution in [3.63, 3.8) is 0 Å². The smallest absolute Gasteiger partial charge is 0.417 e. The van der Waals surface area contributed by atoms with Gasteiger partial charge >= 0.3 is 18.3 Å². The van der Waals surface area contributed by atoms with Crippen LogP contribution in [0.4, 0.5) is 26.3 Å². The van der Waals surface area contributed by atoms with Crippen molar-refractivity contribution in [1.82, 2.24) is 4.98 Å². The van der Waals surface area contributed by atoms with E-state index < -0.39 is 36.1 Å². The van der Waals surface area contributed by atoms with Crippen molar-refractivity contribution in [3.05, 3.63) is 63.7 Å². The Kier molecular flexibility index (Phi) is 7.51. The van der Waals surface area contributed by atoms with Crippen LogP contribution < -0.4 is 4.74 Å². The molecule has 0 spiro atoms. The zero-order valence-electron chi connectivity index (χ0n) is 17.7. The standard InChI is InChI=1S/C22H17F6NO3S2/c1-11-7-14(4-6-17(11)32-9-19(30)31)33-10-18-12(2)29-20(34-18)13-3-5-15(21(23,24)25)16(8-13)22(26,27)28/h3-8H,9-10H2,1-2H3,(H,30,31). The Balaban J connectivity index is 1.80. The molecule has 0 radical (unpaired) electrons. The van der Waals surface area contributed by atoms with Gasteiger partial charge in [0.2, 0.25) is 0 Å². The minimum Gasteiger partial charge on any atom is -0.482 e. The molecule has 4 nitrogen and oxygen atoms in total. The zero-order chi connectivity index (χ0) is 25.3. The highest BCUT2D eigenvalue weighted by atomic mass is 32.2. The number of aryl methyl sites for hydroxylation is 2. The molecule has 3 rings (SSSR count). The van der Waals surface area contributed by atoms with E-state index in [9.17, 15) is 31.1 Å². The number of halogens is 6. The SMILES string of the molecule is Cc1cc(SCc2sc(-c3ccc(C(F)(F)F)c(C(F)(F)F)c3)nc2C)ccc1OCC(=O)O. The molecule has 1 aromatic heterocycles. The van der Waals surface area contributed by atoms with Gasteiger partial charge in [-0.05, 0) is 49.7 Å². The van der Waals surface area contributed by atoms with E-state index >= 15 is 0 Å². The van der Waals surface area contributed by atoms with Crippen LogP contribution in [-0.2, 0) is 22.9 Å². The number of nitrogens with zero attached hydrogens (tertiary/aromatic N) is 1. The third kappa shape index (κ3) is 6.23. The van der Waals surface area contributed by atoms with Crippen LogP contribution in [0.2, 0.25) is 0 Å². The summed E-state index contributed by atoms with van der Waals surface area (Å²) in [5.74, 6) is -0.221. The number of carboxylic acids is 1. The topological polar surface area (TPSA) is 59.4 Å². The first-order valence-electron chi connectivity index (χ1n) is 9.59. The van der Waals surface area contributed by atoms with Crippen molar-refractivity contribution in [2.45, 2.75) is 36.8 Å². The van der Waals surface area contributed by atoms with Gasteiger partial charge in [-0.1, -0.05) is 6.07 Å². The number of thiazole rings is 1. The lowest BCUT2D eigenvalue weighted by Gasteiger charge is -2.16. The van der Waals surface area contributed by atoms with Crippen molar-refractivity contribution in [2.24, 2.45) is 0 Å². The quantitative estimate of drug-likeness (QED) is 0.263. The lowest BCUT2D eigenvalue weighted by Crippen LogP contribution is -2.16. The van der Waals surface area contributed by atoms with Crippen LogP contribution in [0.15, 0.2) is 41.3 Å². The third-order valence-corrected chi connectivity index (χ3v) is 7.05. The molecule has 0 unspecified atom stereocenters. The molecule has 34 heavy (non-hydrogen) atoms. The number of hydrogen-bond donors (Lipinski definition) is 1. The lowest BCUT2D eigenvalue weighted by atomic mass is 10.0. The molecule has 182 valence electrons. The van der Waals surface area contributed by atoms with Gasteiger partial charge in [-0.15, -0.1) is 23.1 Å². The van der Waals surface area contributed by atoms with Gasteiger partial charge in [0.1, 0.15) is 10.8 Å². The van der Waals surface area contributed by atoms with Crippen molar-refractivity contribution in [2.75, 3.05) is 6.61 Å². The Morgan fingerprint density at radius 1 is 1.03 bits per heavy atom. The van der Waals surface area contributed by atoms with Gasteiger partial charge in [0.05, 0.1) is 16.8 Å². The minimum atomic E-state index is -5.16. The highest BCUT2D eigenvalue weighted by molar-refractivity contribution is 7.98. The van der Waals surface area contributed by atoms with E-state index in [1.165, 1.54) is 11.8 Å². The molecule has 0 saturated carbocycles. The molecule has 3 aromatic rings. The average Bonchev–Trinajstić information content (AvgIpc) is 3.10. The molecule has 0 fully saturated rings. The number of alkyl halides is 6. The maximum Gasteiger partial charge on any atom is 0.417 e. The van der Waals surface area contributed by atoms with E-state index in [0.29, 0.717) is 29.3 Å². The normalized spacial score (nSPS) is 12.1. The van der Waals surface area contributed by atoms with Crippen molar-refractivity contribution in [3.8, 4) is 16.3 Å². The third-order valence-electron chi connectivity index (χ3n) is 4.64. The second kappa shape index (κ2) is 9.87. The summed E-state index contributed by atoms with van der Waals surface area (Å²) in [7, 11) is 0. The average molecular weight is 522 g/mol. The van der Waals surface area contributed by atoms with Gasteiger partial charge in [-0.3, -0.25) is 0 Å². The lowest BCUT2D eigenvalue weighted by molar-refractivity contribution is -0.162. The summed E-state index contributed by atoms with van der Waals surface area (Å²) in [4.78, 5) is 16.5. The van der Waals surface area contributed by atoms with Gasteiger partial charge in [0.15, 0.2) is 6.61 Å². The Labute approximate surface area is 198 Å². The number of ether oxygens (including phenoxy) is 1. The fourth-order valence-corrected chi connectivity index (χ4v) is 5.20.